The quantitative estimate of drug-likeness (QED) is 0.663. The summed E-state index contributed by atoms with van der Waals surface area (Å²) in [5.74, 6) is 0.184. The fourth-order valence-electron chi connectivity index (χ4n) is 3.26. The fraction of sp³-hybridized carbons (Fsp3) is 0.238. The van der Waals surface area contributed by atoms with Gasteiger partial charge in [0.05, 0.1) is 31.4 Å². The third-order valence-corrected chi connectivity index (χ3v) is 4.71. The van der Waals surface area contributed by atoms with Crippen molar-refractivity contribution in [3.63, 3.8) is 0 Å². The van der Waals surface area contributed by atoms with Crippen molar-refractivity contribution in [2.45, 2.75) is 19.1 Å². The Labute approximate surface area is 176 Å². The number of hydrogen-bond donors (Lipinski definition) is 3. The Kier molecular flexibility index (Phi) is 6.09. The van der Waals surface area contributed by atoms with Crippen LogP contribution in [-0.2, 0) is 11.0 Å². The second-order valence-corrected chi connectivity index (χ2v) is 6.71. The number of anilines is 1. The van der Waals surface area contributed by atoms with Crippen molar-refractivity contribution in [3.05, 3.63) is 64.9 Å². The summed E-state index contributed by atoms with van der Waals surface area (Å²) >= 11 is 0. The molecule has 1 atom stereocenters. The van der Waals surface area contributed by atoms with Crippen molar-refractivity contribution in [1.29, 1.82) is 0 Å². The molecular weight excluding hydrogens is 415 g/mol. The molecule has 0 bridgehead atoms. The lowest BCUT2D eigenvalue weighted by molar-refractivity contribution is -0.137. The molecule has 1 aliphatic heterocycles. The van der Waals surface area contributed by atoms with Crippen LogP contribution in [0.15, 0.2) is 53.7 Å². The molecule has 10 heteroatoms. The minimum absolute atomic E-state index is 0.0339. The van der Waals surface area contributed by atoms with Crippen molar-refractivity contribution in [2.75, 3.05) is 19.5 Å². The number of benzene rings is 2. The second kappa shape index (κ2) is 8.58. The van der Waals surface area contributed by atoms with Crippen LogP contribution >= 0.6 is 0 Å². The molecule has 3 rings (SSSR count). The van der Waals surface area contributed by atoms with Gasteiger partial charge in [0, 0.05) is 16.9 Å². The molecule has 31 heavy (non-hydrogen) atoms. The Morgan fingerprint density at radius 2 is 1.84 bits per heavy atom. The Bertz CT molecular complexity index is 1050. The first kappa shape index (κ1) is 22.0. The monoisotopic (exact) mass is 435 g/mol. The van der Waals surface area contributed by atoms with E-state index in [2.05, 4.69) is 16.0 Å². The van der Waals surface area contributed by atoms with Gasteiger partial charge in [-0.25, -0.2) is 4.79 Å². The number of nitrogens with one attached hydrogen (secondary N) is 3. The third kappa shape index (κ3) is 4.73. The lowest BCUT2D eigenvalue weighted by Gasteiger charge is -2.29. The van der Waals surface area contributed by atoms with E-state index in [1.807, 2.05) is 0 Å². The Morgan fingerprint density at radius 3 is 2.48 bits per heavy atom. The zero-order valence-corrected chi connectivity index (χ0v) is 16.9. The zero-order chi connectivity index (χ0) is 22.8. The number of ether oxygens (including phenoxy) is 2. The zero-order valence-electron chi connectivity index (χ0n) is 16.9. The molecule has 0 saturated heterocycles. The summed E-state index contributed by atoms with van der Waals surface area (Å²) in [5.41, 5.74) is -0.109. The molecular formula is C21H20F3N3O4. The van der Waals surface area contributed by atoms with E-state index in [1.165, 1.54) is 33.3 Å². The van der Waals surface area contributed by atoms with E-state index in [-0.39, 0.29) is 17.0 Å². The minimum atomic E-state index is -4.55. The SMILES string of the molecule is COc1ccc(OC)c([C@H]2NC(=O)NC(C)=C2C(=O)Nc2cccc(C(F)(F)F)c2)c1. The number of urea groups is 1. The Hall–Kier alpha value is -3.69. The maximum absolute atomic E-state index is 13.1. The summed E-state index contributed by atoms with van der Waals surface area (Å²) in [6.07, 6.45) is -4.55. The van der Waals surface area contributed by atoms with E-state index in [1.54, 1.807) is 18.2 Å². The topological polar surface area (TPSA) is 88.7 Å². The highest BCUT2D eigenvalue weighted by Gasteiger charge is 2.34. The molecule has 0 spiro atoms. The van der Waals surface area contributed by atoms with Gasteiger partial charge in [-0.05, 0) is 43.3 Å². The normalized spacial score (nSPS) is 16.3. The highest BCUT2D eigenvalue weighted by Crippen LogP contribution is 2.36. The maximum Gasteiger partial charge on any atom is 0.416 e. The summed E-state index contributed by atoms with van der Waals surface area (Å²) in [4.78, 5) is 25.2. The van der Waals surface area contributed by atoms with Crippen molar-refractivity contribution in [3.8, 4) is 11.5 Å². The number of methoxy groups -OCH3 is 2. The summed E-state index contributed by atoms with van der Waals surface area (Å²) in [5, 5.41) is 7.65. The van der Waals surface area contributed by atoms with Crippen molar-refractivity contribution >= 4 is 17.6 Å². The number of carbonyl (C=O) groups excluding carboxylic acids is 2. The van der Waals surface area contributed by atoms with Crippen LogP contribution in [-0.4, -0.2) is 26.2 Å². The summed E-state index contributed by atoms with van der Waals surface area (Å²) in [6, 6.07) is 7.72. The van der Waals surface area contributed by atoms with Gasteiger partial charge < -0.3 is 25.4 Å². The van der Waals surface area contributed by atoms with Crippen molar-refractivity contribution in [1.82, 2.24) is 10.6 Å². The van der Waals surface area contributed by atoms with Crippen LogP contribution in [0.1, 0.15) is 24.1 Å². The average molecular weight is 435 g/mol. The molecule has 1 heterocycles. The van der Waals surface area contributed by atoms with E-state index < -0.39 is 29.7 Å². The van der Waals surface area contributed by atoms with Crippen LogP contribution in [0.3, 0.4) is 0 Å². The fourth-order valence-corrected chi connectivity index (χ4v) is 3.26. The van der Waals surface area contributed by atoms with Gasteiger partial charge in [-0.1, -0.05) is 6.07 Å². The number of rotatable bonds is 5. The van der Waals surface area contributed by atoms with E-state index in [9.17, 15) is 22.8 Å². The third-order valence-electron chi connectivity index (χ3n) is 4.71. The first-order chi connectivity index (χ1) is 14.6. The number of amides is 3. The lowest BCUT2D eigenvalue weighted by atomic mass is 9.93. The molecule has 2 aromatic carbocycles. The van der Waals surface area contributed by atoms with Crippen LogP contribution in [0.4, 0.5) is 23.7 Å². The maximum atomic E-state index is 13.1. The molecule has 0 radical (unpaired) electrons. The van der Waals surface area contributed by atoms with Crippen LogP contribution in [0, 0.1) is 0 Å². The van der Waals surface area contributed by atoms with Gasteiger partial charge in [-0.2, -0.15) is 13.2 Å². The predicted octanol–water partition coefficient (Wildman–Crippen LogP) is 3.99. The highest BCUT2D eigenvalue weighted by molar-refractivity contribution is 6.07. The van der Waals surface area contributed by atoms with Crippen LogP contribution in [0.2, 0.25) is 0 Å². The molecule has 0 saturated carbocycles. The molecule has 164 valence electrons. The number of halogens is 3. The highest BCUT2D eigenvalue weighted by atomic mass is 19.4. The standard InChI is InChI=1S/C21H20F3N3O4/c1-11-17(19(28)26-13-6-4-5-12(9-13)21(22,23)24)18(27-20(29)25-11)15-10-14(30-2)7-8-16(15)31-3/h4-10,18H,1-3H3,(H,26,28)(H2,25,27,29)/t18-/m1/s1. The number of allylic oxidation sites excluding steroid dienone is 1. The molecule has 0 aromatic heterocycles. The molecule has 0 unspecified atom stereocenters. The molecule has 1 aliphatic rings. The summed E-state index contributed by atoms with van der Waals surface area (Å²) < 4.78 is 49.6. The summed E-state index contributed by atoms with van der Waals surface area (Å²) in [6.45, 7) is 1.53. The second-order valence-electron chi connectivity index (χ2n) is 6.71. The number of carbonyl (C=O) groups is 2. The predicted molar refractivity (Wildman–Crippen MR) is 107 cm³/mol. The molecule has 3 amide bonds. The summed E-state index contributed by atoms with van der Waals surface area (Å²) in [7, 11) is 2.90. The van der Waals surface area contributed by atoms with Crippen LogP contribution in [0.25, 0.3) is 0 Å². The van der Waals surface area contributed by atoms with Gasteiger partial charge in [0.1, 0.15) is 11.5 Å². The Morgan fingerprint density at radius 1 is 1.10 bits per heavy atom. The number of hydrogen-bond acceptors (Lipinski definition) is 4. The van der Waals surface area contributed by atoms with E-state index in [4.69, 9.17) is 9.47 Å². The van der Waals surface area contributed by atoms with E-state index in [0.717, 1.165) is 12.1 Å². The van der Waals surface area contributed by atoms with Gasteiger partial charge >= 0.3 is 12.2 Å². The van der Waals surface area contributed by atoms with Crippen LogP contribution < -0.4 is 25.4 Å². The van der Waals surface area contributed by atoms with E-state index in [0.29, 0.717) is 17.1 Å². The molecule has 0 aliphatic carbocycles. The van der Waals surface area contributed by atoms with E-state index >= 15 is 0 Å². The lowest BCUT2D eigenvalue weighted by Crippen LogP contribution is -2.46. The molecule has 3 N–H and O–H groups in total. The van der Waals surface area contributed by atoms with Crippen molar-refractivity contribution < 1.29 is 32.2 Å². The van der Waals surface area contributed by atoms with Gasteiger partial charge in [0.15, 0.2) is 0 Å². The van der Waals surface area contributed by atoms with Gasteiger partial charge in [-0.3, -0.25) is 4.79 Å². The largest absolute Gasteiger partial charge is 0.497 e. The average Bonchev–Trinajstić information content (AvgIpc) is 2.72. The molecule has 7 nitrogen and oxygen atoms in total. The number of alkyl halides is 3. The first-order valence-corrected chi connectivity index (χ1v) is 9.13. The van der Waals surface area contributed by atoms with Crippen LogP contribution in [0.5, 0.6) is 11.5 Å². The minimum Gasteiger partial charge on any atom is -0.497 e. The first-order valence-electron chi connectivity index (χ1n) is 9.13. The molecule has 2 aromatic rings. The molecule has 0 fully saturated rings. The van der Waals surface area contributed by atoms with Gasteiger partial charge in [0.25, 0.3) is 5.91 Å². The van der Waals surface area contributed by atoms with Gasteiger partial charge in [0.2, 0.25) is 0 Å². The smallest absolute Gasteiger partial charge is 0.416 e. The van der Waals surface area contributed by atoms with Crippen molar-refractivity contribution in [2.24, 2.45) is 0 Å². The van der Waals surface area contributed by atoms with Gasteiger partial charge in [-0.15, -0.1) is 0 Å². The Balaban J connectivity index is 2.00.